The molecule has 3 heterocycles. The molecule has 0 aromatic carbocycles. The number of amides is 1. The van der Waals surface area contributed by atoms with Crippen LogP contribution in [0.15, 0.2) is 12.2 Å². The number of carbonyl (C=O) groups is 1. The van der Waals surface area contributed by atoms with Gasteiger partial charge in [0.15, 0.2) is 18.9 Å². The van der Waals surface area contributed by atoms with Gasteiger partial charge in [-0.1, -0.05) is 328 Å². The van der Waals surface area contributed by atoms with E-state index in [-0.39, 0.29) is 18.9 Å². The van der Waals surface area contributed by atoms with Crippen LogP contribution in [0.5, 0.6) is 0 Å². The predicted molar refractivity (Wildman–Crippen MR) is 379 cm³/mol. The van der Waals surface area contributed by atoms with Gasteiger partial charge in [-0.3, -0.25) is 4.79 Å². The lowest BCUT2D eigenvalue weighted by molar-refractivity contribution is -0.379. The first-order valence-corrected chi connectivity index (χ1v) is 39.9. The van der Waals surface area contributed by atoms with Crippen LogP contribution in [-0.4, -0.2) is 193 Å². The van der Waals surface area contributed by atoms with Gasteiger partial charge in [-0.25, -0.2) is 0 Å². The zero-order valence-electron chi connectivity index (χ0n) is 60.6. The molecule has 568 valence electrons. The first-order chi connectivity index (χ1) is 46.8. The number of hydrogen-bond donors (Lipinski definition) is 12. The van der Waals surface area contributed by atoms with E-state index in [0.717, 1.165) is 44.9 Å². The normalized spacial score (nSPS) is 27.0. The lowest BCUT2D eigenvalue weighted by Gasteiger charge is -2.48. The van der Waals surface area contributed by atoms with Gasteiger partial charge in [0.1, 0.15) is 73.2 Å². The maximum absolute atomic E-state index is 13.5. The summed E-state index contributed by atoms with van der Waals surface area (Å²) in [6.45, 7) is 1.80. The lowest BCUT2D eigenvalue weighted by Crippen LogP contribution is -2.66. The molecule has 0 bridgehead atoms. The van der Waals surface area contributed by atoms with Gasteiger partial charge >= 0.3 is 0 Å². The van der Waals surface area contributed by atoms with Gasteiger partial charge in [0.05, 0.1) is 38.6 Å². The molecule has 3 aliphatic rings. The highest BCUT2D eigenvalue weighted by atomic mass is 16.8. The van der Waals surface area contributed by atoms with Crippen LogP contribution in [0.4, 0.5) is 0 Å². The number of nitrogens with one attached hydrogen (secondary N) is 1. The second-order valence-electron chi connectivity index (χ2n) is 28.9. The van der Waals surface area contributed by atoms with Gasteiger partial charge in [-0.15, -0.1) is 0 Å². The first-order valence-electron chi connectivity index (χ1n) is 39.9. The molecule has 1 amide bonds. The average Bonchev–Trinajstić information content (AvgIpc) is 0.785. The number of aliphatic hydroxyl groups excluding tert-OH is 11. The molecule has 0 spiro atoms. The summed E-state index contributed by atoms with van der Waals surface area (Å²) in [7, 11) is 0. The Morgan fingerprint density at radius 3 is 0.979 bits per heavy atom. The van der Waals surface area contributed by atoms with Crippen LogP contribution in [0, 0.1) is 0 Å². The van der Waals surface area contributed by atoms with Crippen LogP contribution >= 0.6 is 0 Å². The fraction of sp³-hybridized carbons (Fsp3) is 0.961. The van der Waals surface area contributed by atoms with Gasteiger partial charge in [0.25, 0.3) is 0 Å². The number of hydrogen-bond acceptors (Lipinski definition) is 18. The van der Waals surface area contributed by atoms with Crippen LogP contribution in [0.1, 0.15) is 341 Å². The molecule has 0 radical (unpaired) electrons. The molecule has 3 saturated heterocycles. The van der Waals surface area contributed by atoms with Gasteiger partial charge < -0.3 is 89.9 Å². The minimum absolute atomic E-state index is 0.250. The maximum Gasteiger partial charge on any atom is 0.220 e. The standard InChI is InChI=1S/C77H147NO18/c1-3-5-7-9-11-13-15-17-19-21-23-25-26-27-28-29-30-31-32-33-34-35-36-38-40-42-44-46-48-50-52-54-61(82)60(78-65(83)55-53-51-49-47-45-43-41-39-37-24-22-20-18-16-14-12-10-8-6-4-2)59-91-75-71(89)68(86)73(63(57-80)93-75)96-77-72(90)69(87)74(64(58-81)94-77)95-76-70(88)67(85)66(84)62(56-79)92-76/h52,54,60-64,66-77,79-82,84-90H,3-51,53,55-59H2,1-2H3,(H,78,83)/b54-52+. The van der Waals surface area contributed by atoms with Gasteiger partial charge in [-0.05, 0) is 19.3 Å². The van der Waals surface area contributed by atoms with E-state index >= 15 is 0 Å². The topological polar surface area (TPSA) is 307 Å². The second-order valence-corrected chi connectivity index (χ2v) is 28.9. The summed E-state index contributed by atoms with van der Waals surface area (Å²) in [5, 5.41) is 121. The molecule has 0 aromatic rings. The zero-order chi connectivity index (χ0) is 69.6. The smallest absolute Gasteiger partial charge is 0.220 e. The Hall–Kier alpha value is -1.47. The minimum Gasteiger partial charge on any atom is -0.394 e. The highest BCUT2D eigenvalue weighted by molar-refractivity contribution is 5.76. The monoisotopic (exact) mass is 1370 g/mol. The van der Waals surface area contributed by atoms with Crippen LogP contribution < -0.4 is 5.32 Å². The quantitative estimate of drug-likeness (QED) is 0.0199. The Balaban J connectivity index is 1.37. The molecular weight excluding hydrogens is 1230 g/mol. The van der Waals surface area contributed by atoms with E-state index in [1.807, 2.05) is 6.08 Å². The van der Waals surface area contributed by atoms with Crippen molar-refractivity contribution in [3.8, 4) is 0 Å². The Morgan fingerprint density at radius 1 is 0.365 bits per heavy atom. The Bertz CT molecular complexity index is 1790. The summed E-state index contributed by atoms with van der Waals surface area (Å²) < 4.78 is 34.5. The molecule has 3 aliphatic heterocycles. The third-order valence-electron chi connectivity index (χ3n) is 20.3. The third kappa shape index (κ3) is 39.3. The summed E-state index contributed by atoms with van der Waals surface area (Å²) >= 11 is 0. The van der Waals surface area contributed by atoms with Crippen LogP contribution in [0.25, 0.3) is 0 Å². The van der Waals surface area contributed by atoms with E-state index in [9.17, 15) is 61.0 Å². The highest BCUT2D eigenvalue weighted by Gasteiger charge is 2.54. The fourth-order valence-corrected chi connectivity index (χ4v) is 13.9. The van der Waals surface area contributed by atoms with Crippen molar-refractivity contribution in [2.24, 2.45) is 0 Å². The van der Waals surface area contributed by atoms with Gasteiger partial charge in [0, 0.05) is 6.42 Å². The van der Waals surface area contributed by atoms with E-state index < -0.39 is 124 Å². The first kappa shape index (κ1) is 88.7. The van der Waals surface area contributed by atoms with Crippen LogP contribution in [0.3, 0.4) is 0 Å². The molecular formula is C77H147NO18. The third-order valence-corrected chi connectivity index (χ3v) is 20.3. The summed E-state index contributed by atoms with van der Waals surface area (Å²) in [5.41, 5.74) is 0. The van der Waals surface area contributed by atoms with E-state index in [2.05, 4.69) is 19.2 Å². The second kappa shape index (κ2) is 59.0. The summed E-state index contributed by atoms with van der Waals surface area (Å²) in [4.78, 5) is 13.5. The molecule has 17 unspecified atom stereocenters. The molecule has 0 aromatic heterocycles. The van der Waals surface area contributed by atoms with Crippen molar-refractivity contribution in [1.82, 2.24) is 5.32 Å². The van der Waals surface area contributed by atoms with Crippen molar-refractivity contribution in [2.75, 3.05) is 26.4 Å². The number of aliphatic hydroxyl groups is 11. The number of unbranched alkanes of at least 4 members (excludes halogenated alkanes) is 48. The van der Waals surface area contributed by atoms with Gasteiger partial charge in [0.2, 0.25) is 5.91 Å². The lowest BCUT2D eigenvalue weighted by atomic mass is 9.96. The van der Waals surface area contributed by atoms with E-state index in [1.54, 1.807) is 6.08 Å². The molecule has 0 saturated carbocycles. The van der Waals surface area contributed by atoms with Crippen LogP contribution in [-0.2, 0) is 33.2 Å². The van der Waals surface area contributed by atoms with E-state index in [0.29, 0.717) is 6.42 Å². The maximum atomic E-state index is 13.5. The Kier molecular flexibility index (Phi) is 54.5. The van der Waals surface area contributed by atoms with Crippen molar-refractivity contribution in [2.45, 2.75) is 446 Å². The summed E-state index contributed by atoms with van der Waals surface area (Å²) in [5.74, 6) is -0.267. The molecule has 3 fully saturated rings. The van der Waals surface area contributed by atoms with Crippen LogP contribution in [0.2, 0.25) is 0 Å². The zero-order valence-corrected chi connectivity index (χ0v) is 60.6. The largest absolute Gasteiger partial charge is 0.394 e. The van der Waals surface area contributed by atoms with E-state index in [1.165, 1.54) is 270 Å². The number of rotatable bonds is 64. The molecule has 19 heteroatoms. The minimum atomic E-state index is -1.98. The molecule has 96 heavy (non-hydrogen) atoms. The number of carbonyl (C=O) groups excluding carboxylic acids is 1. The SMILES string of the molecule is CCCCCCCCCCCCCCCCCCCCCCCCCCCCCCC/C=C/C(O)C(COC1OC(CO)C(OC2OC(CO)C(OC3OC(CO)C(O)C(O)C3O)C(O)C2O)C(O)C1O)NC(=O)CCCCCCCCCCCCCCCCCCCCCC. The Morgan fingerprint density at radius 2 is 0.646 bits per heavy atom. The highest BCUT2D eigenvalue weighted by Crippen LogP contribution is 2.33. The Labute approximate surface area is 582 Å². The van der Waals surface area contributed by atoms with Crippen molar-refractivity contribution in [1.29, 1.82) is 0 Å². The number of allylic oxidation sites excluding steroid dienone is 1. The average molecular weight is 1380 g/mol. The molecule has 3 rings (SSSR count). The molecule has 19 nitrogen and oxygen atoms in total. The van der Waals surface area contributed by atoms with Crippen molar-refractivity contribution in [3.05, 3.63) is 12.2 Å². The van der Waals surface area contributed by atoms with Gasteiger partial charge in [-0.2, -0.15) is 0 Å². The molecule has 12 N–H and O–H groups in total. The fourth-order valence-electron chi connectivity index (χ4n) is 13.9. The molecule has 17 atom stereocenters. The van der Waals surface area contributed by atoms with Crippen molar-refractivity contribution >= 4 is 5.91 Å². The van der Waals surface area contributed by atoms with E-state index in [4.69, 9.17) is 28.4 Å². The summed E-state index contributed by atoms with van der Waals surface area (Å²) in [6, 6.07) is -0.970. The predicted octanol–water partition coefficient (Wildman–Crippen LogP) is 12.8. The number of ether oxygens (including phenoxy) is 6. The van der Waals surface area contributed by atoms with Crippen molar-refractivity contribution in [3.63, 3.8) is 0 Å². The summed E-state index contributed by atoms with van der Waals surface area (Å²) in [6.07, 6.45) is 42.0. The van der Waals surface area contributed by atoms with Crippen molar-refractivity contribution < 1.29 is 89.4 Å². The molecule has 0 aliphatic carbocycles.